The Morgan fingerprint density at radius 2 is 1.63 bits per heavy atom. The van der Waals surface area contributed by atoms with Gasteiger partial charge in [0.25, 0.3) is 0 Å². The third kappa shape index (κ3) is 6.39. The van der Waals surface area contributed by atoms with Crippen LogP contribution in [0.1, 0.15) is 49.1 Å². The van der Waals surface area contributed by atoms with Crippen LogP contribution in [0.5, 0.6) is 0 Å². The topological polar surface area (TPSA) is 114 Å². The van der Waals surface area contributed by atoms with Gasteiger partial charge < -0.3 is 25.2 Å². The maximum Gasteiger partial charge on any atom is 0.407 e. The van der Waals surface area contributed by atoms with Crippen LogP contribution in [-0.2, 0) is 19.1 Å². The quantitative estimate of drug-likeness (QED) is 0.447. The van der Waals surface area contributed by atoms with Crippen molar-refractivity contribution in [1.29, 1.82) is 0 Å². The zero-order valence-electron chi connectivity index (χ0n) is 19.7. The smallest absolute Gasteiger partial charge is 0.407 e. The van der Waals surface area contributed by atoms with Gasteiger partial charge in [0, 0.05) is 24.9 Å². The lowest BCUT2D eigenvalue weighted by Crippen LogP contribution is -2.40. The van der Waals surface area contributed by atoms with Crippen molar-refractivity contribution >= 4 is 18.0 Å². The number of aliphatic carboxylic acids is 1. The van der Waals surface area contributed by atoms with Crippen molar-refractivity contribution in [3.05, 3.63) is 59.7 Å². The van der Waals surface area contributed by atoms with Crippen LogP contribution in [0.4, 0.5) is 4.79 Å². The Bertz CT molecular complexity index is 1010. The number of amides is 2. The number of carboxylic acids is 1. The summed E-state index contributed by atoms with van der Waals surface area (Å²) >= 11 is 0. The normalized spacial score (nSPS) is 18.9. The van der Waals surface area contributed by atoms with Crippen LogP contribution in [0.2, 0.25) is 0 Å². The summed E-state index contributed by atoms with van der Waals surface area (Å²) in [6.07, 6.45) is 2.45. The Hall–Kier alpha value is -3.39. The average molecular weight is 481 g/mol. The highest BCUT2D eigenvalue weighted by Gasteiger charge is 2.29. The molecule has 3 N–H and O–H groups in total. The number of nitrogens with one attached hydrogen (secondary N) is 2. The Morgan fingerprint density at radius 1 is 0.943 bits per heavy atom. The third-order valence-corrected chi connectivity index (χ3v) is 6.72. The molecule has 2 aliphatic carbocycles. The Morgan fingerprint density at radius 3 is 2.31 bits per heavy atom. The minimum Gasteiger partial charge on any atom is -0.481 e. The van der Waals surface area contributed by atoms with Crippen LogP contribution in [0.15, 0.2) is 48.5 Å². The number of alkyl carbamates (subject to hydrolysis) is 1. The van der Waals surface area contributed by atoms with E-state index in [1.165, 1.54) is 11.1 Å². The molecule has 2 aliphatic rings. The van der Waals surface area contributed by atoms with E-state index in [4.69, 9.17) is 14.6 Å². The number of hydrogen-bond donors (Lipinski definition) is 3. The first-order valence-corrected chi connectivity index (χ1v) is 12.2. The van der Waals surface area contributed by atoms with E-state index >= 15 is 0 Å². The Kier molecular flexibility index (Phi) is 8.36. The molecular formula is C27H32N2O6. The maximum absolute atomic E-state index is 12.2. The van der Waals surface area contributed by atoms with Gasteiger partial charge in [0.2, 0.25) is 5.91 Å². The standard InChI is InChI=1S/C27H32N2O6/c30-25(29-19-7-5-6-18(16-19)26(31)32)12-14-34-15-13-28-27(33)35-17-24-22-10-3-1-8-20(22)21-9-2-4-11-23(21)24/h1-4,8-11,18-19,24H,5-7,12-17H2,(H,28,33)(H,29,30)(H,31,32)/t18-,19+/m1/s1. The summed E-state index contributed by atoms with van der Waals surface area (Å²) in [5, 5.41) is 14.7. The van der Waals surface area contributed by atoms with Crippen LogP contribution < -0.4 is 10.6 Å². The number of carbonyl (C=O) groups is 3. The molecule has 8 nitrogen and oxygen atoms in total. The van der Waals surface area contributed by atoms with Crippen LogP contribution in [0, 0.1) is 5.92 Å². The number of hydrogen-bond acceptors (Lipinski definition) is 5. The Labute approximate surface area is 205 Å². The van der Waals surface area contributed by atoms with Crippen LogP contribution >= 0.6 is 0 Å². The summed E-state index contributed by atoms with van der Waals surface area (Å²) in [5.41, 5.74) is 4.68. The fourth-order valence-electron chi connectivity index (χ4n) is 4.99. The number of benzene rings is 2. The second-order valence-corrected chi connectivity index (χ2v) is 9.08. The molecule has 0 saturated heterocycles. The number of rotatable bonds is 10. The van der Waals surface area contributed by atoms with E-state index in [1.807, 2.05) is 24.3 Å². The fourth-order valence-corrected chi connectivity index (χ4v) is 4.99. The molecule has 186 valence electrons. The molecule has 0 aromatic heterocycles. The van der Waals surface area contributed by atoms with Gasteiger partial charge in [0.15, 0.2) is 0 Å². The molecule has 1 saturated carbocycles. The molecule has 8 heteroatoms. The van der Waals surface area contributed by atoms with Gasteiger partial charge in [-0.2, -0.15) is 0 Å². The van der Waals surface area contributed by atoms with Gasteiger partial charge in [-0.05, 0) is 41.5 Å². The van der Waals surface area contributed by atoms with E-state index in [-0.39, 0.29) is 56.6 Å². The lowest BCUT2D eigenvalue weighted by atomic mass is 9.86. The first-order valence-electron chi connectivity index (χ1n) is 12.2. The summed E-state index contributed by atoms with van der Waals surface area (Å²) in [7, 11) is 0. The third-order valence-electron chi connectivity index (χ3n) is 6.72. The lowest BCUT2D eigenvalue weighted by Gasteiger charge is -2.27. The van der Waals surface area contributed by atoms with Crippen molar-refractivity contribution in [3.63, 3.8) is 0 Å². The largest absolute Gasteiger partial charge is 0.481 e. The lowest BCUT2D eigenvalue weighted by molar-refractivity contribution is -0.143. The molecule has 4 rings (SSSR count). The van der Waals surface area contributed by atoms with Gasteiger partial charge in [-0.1, -0.05) is 55.0 Å². The van der Waals surface area contributed by atoms with E-state index in [9.17, 15) is 14.4 Å². The second-order valence-electron chi connectivity index (χ2n) is 9.08. The van der Waals surface area contributed by atoms with Gasteiger partial charge >= 0.3 is 12.1 Å². The fraction of sp³-hybridized carbons (Fsp3) is 0.444. The molecule has 0 radical (unpaired) electrons. The van der Waals surface area contributed by atoms with Gasteiger partial charge in [-0.3, -0.25) is 9.59 Å². The average Bonchev–Trinajstić information content (AvgIpc) is 3.18. The van der Waals surface area contributed by atoms with Crippen molar-refractivity contribution in [3.8, 4) is 11.1 Å². The number of carbonyl (C=O) groups excluding carboxylic acids is 2. The van der Waals surface area contributed by atoms with Crippen molar-refractivity contribution in [2.75, 3.05) is 26.4 Å². The van der Waals surface area contributed by atoms with E-state index in [2.05, 4.69) is 34.9 Å². The molecule has 0 heterocycles. The van der Waals surface area contributed by atoms with E-state index in [0.717, 1.165) is 24.0 Å². The minimum absolute atomic E-state index is 0.0119. The summed E-state index contributed by atoms with van der Waals surface area (Å²) in [6, 6.07) is 16.3. The highest BCUT2D eigenvalue weighted by atomic mass is 16.5. The molecule has 2 aromatic carbocycles. The van der Waals surface area contributed by atoms with E-state index in [0.29, 0.717) is 12.8 Å². The van der Waals surface area contributed by atoms with Crippen LogP contribution in [0.25, 0.3) is 11.1 Å². The number of carboxylic acid groups (broad SMARTS) is 1. The number of fused-ring (bicyclic) bond motifs is 3. The zero-order valence-corrected chi connectivity index (χ0v) is 19.7. The first kappa shape index (κ1) is 24.7. The highest BCUT2D eigenvalue weighted by molar-refractivity contribution is 5.79. The molecule has 0 unspecified atom stereocenters. The predicted octanol–water partition coefficient (Wildman–Crippen LogP) is 3.69. The highest BCUT2D eigenvalue weighted by Crippen LogP contribution is 2.44. The maximum atomic E-state index is 12.2. The second kappa shape index (κ2) is 11.8. The summed E-state index contributed by atoms with van der Waals surface area (Å²) in [6.45, 7) is 1.03. The van der Waals surface area contributed by atoms with Crippen molar-refractivity contribution < 1.29 is 29.0 Å². The molecule has 1 fully saturated rings. The van der Waals surface area contributed by atoms with Gasteiger partial charge in [-0.15, -0.1) is 0 Å². The van der Waals surface area contributed by atoms with Crippen molar-refractivity contribution in [2.24, 2.45) is 5.92 Å². The van der Waals surface area contributed by atoms with Gasteiger partial charge in [0.05, 0.1) is 19.1 Å². The minimum atomic E-state index is -0.795. The number of ether oxygens (including phenoxy) is 2. The Balaban J connectivity index is 1.10. The van der Waals surface area contributed by atoms with Crippen molar-refractivity contribution in [1.82, 2.24) is 10.6 Å². The predicted molar refractivity (Wildman–Crippen MR) is 130 cm³/mol. The van der Waals surface area contributed by atoms with Crippen LogP contribution in [0.3, 0.4) is 0 Å². The molecule has 0 spiro atoms. The van der Waals surface area contributed by atoms with E-state index < -0.39 is 12.1 Å². The SMILES string of the molecule is O=C(CCOCCNC(=O)OCC1c2ccccc2-c2ccccc21)N[C@H]1CCC[C@@H](C(=O)O)C1. The van der Waals surface area contributed by atoms with Crippen molar-refractivity contribution in [2.45, 2.75) is 44.1 Å². The molecular weight excluding hydrogens is 448 g/mol. The van der Waals surface area contributed by atoms with Crippen LogP contribution in [-0.4, -0.2) is 55.5 Å². The molecule has 0 bridgehead atoms. The zero-order chi connectivity index (χ0) is 24.6. The molecule has 2 aromatic rings. The monoisotopic (exact) mass is 480 g/mol. The molecule has 0 aliphatic heterocycles. The summed E-state index contributed by atoms with van der Waals surface area (Å²) in [5.74, 6) is -1.31. The first-order chi connectivity index (χ1) is 17.0. The molecule has 35 heavy (non-hydrogen) atoms. The van der Waals surface area contributed by atoms with Gasteiger partial charge in [0.1, 0.15) is 6.61 Å². The van der Waals surface area contributed by atoms with E-state index in [1.54, 1.807) is 0 Å². The summed E-state index contributed by atoms with van der Waals surface area (Å²) in [4.78, 5) is 35.4. The summed E-state index contributed by atoms with van der Waals surface area (Å²) < 4.78 is 10.9. The molecule has 2 amide bonds. The van der Waals surface area contributed by atoms with Gasteiger partial charge in [-0.25, -0.2) is 4.79 Å². The molecule has 2 atom stereocenters.